The van der Waals surface area contributed by atoms with Gasteiger partial charge in [0.15, 0.2) is 6.61 Å². The number of likely N-dealkylation sites (N-methyl/N-ethyl adjacent to an activating group) is 1. The maximum Gasteiger partial charge on any atom is 0.349 e. The van der Waals surface area contributed by atoms with Gasteiger partial charge in [0.25, 0.3) is 5.91 Å². The lowest BCUT2D eigenvalue weighted by molar-refractivity contribution is -0.148. The van der Waals surface area contributed by atoms with Crippen LogP contribution in [0.4, 0.5) is 0 Å². The molecular weight excluding hydrogens is 320 g/mol. The Morgan fingerprint density at radius 3 is 2.60 bits per heavy atom. The van der Waals surface area contributed by atoms with Gasteiger partial charge in [-0.25, -0.2) is 4.79 Å². The molecule has 1 heterocycles. The van der Waals surface area contributed by atoms with Crippen LogP contribution < -0.4 is 0 Å². The number of furan rings is 1. The summed E-state index contributed by atoms with van der Waals surface area (Å²) in [4.78, 5) is 25.4. The van der Waals surface area contributed by atoms with Crippen LogP contribution in [0.5, 0.6) is 0 Å². The van der Waals surface area contributed by atoms with Gasteiger partial charge < -0.3 is 14.1 Å². The molecule has 1 aromatic heterocycles. The molecule has 0 aliphatic carbocycles. The molecule has 0 saturated heterocycles. The minimum absolute atomic E-state index is 0.232. The predicted octanol–water partition coefficient (Wildman–Crippen LogP) is 2.70. The molecule has 0 N–H and O–H groups in total. The number of carbonyl (C=O) groups is 2. The second kappa shape index (κ2) is 8.50. The average molecular weight is 338 g/mol. The quantitative estimate of drug-likeness (QED) is 0.459. The minimum Gasteiger partial charge on any atom is -0.465 e. The summed E-state index contributed by atoms with van der Waals surface area (Å²) in [7, 11) is 1.62. The van der Waals surface area contributed by atoms with Crippen molar-refractivity contribution in [3.63, 3.8) is 0 Å². The summed E-state index contributed by atoms with van der Waals surface area (Å²) in [5.74, 6) is -0.864. The van der Waals surface area contributed by atoms with Crippen molar-refractivity contribution in [1.82, 2.24) is 4.90 Å². The number of carbonyl (C=O) groups excluding carboxylic acids is 2. The normalized spacial score (nSPS) is 10.8. The monoisotopic (exact) mass is 338 g/mol. The van der Waals surface area contributed by atoms with Gasteiger partial charge in [0, 0.05) is 19.7 Å². The van der Waals surface area contributed by atoms with Crippen LogP contribution >= 0.6 is 0 Å². The average Bonchev–Trinajstić information content (AvgIpc) is 3.12. The Hall–Kier alpha value is -3.33. The zero-order valence-electron chi connectivity index (χ0n) is 14.1. The smallest absolute Gasteiger partial charge is 0.349 e. The Balaban J connectivity index is 1.88. The van der Waals surface area contributed by atoms with Crippen molar-refractivity contribution in [3.05, 3.63) is 65.1 Å². The van der Waals surface area contributed by atoms with Gasteiger partial charge in [-0.3, -0.25) is 4.79 Å². The Bertz CT molecular complexity index is 799. The molecule has 0 spiro atoms. The van der Waals surface area contributed by atoms with Crippen molar-refractivity contribution in [2.24, 2.45) is 0 Å². The van der Waals surface area contributed by atoms with Crippen molar-refractivity contribution in [1.29, 1.82) is 5.26 Å². The van der Waals surface area contributed by atoms with E-state index in [0.29, 0.717) is 12.3 Å². The van der Waals surface area contributed by atoms with Gasteiger partial charge in [0.2, 0.25) is 0 Å². The third kappa shape index (κ3) is 5.36. The van der Waals surface area contributed by atoms with E-state index in [0.717, 1.165) is 11.1 Å². The second-order valence-corrected chi connectivity index (χ2v) is 5.50. The van der Waals surface area contributed by atoms with Crippen LogP contribution in [0.2, 0.25) is 0 Å². The number of amides is 1. The van der Waals surface area contributed by atoms with Gasteiger partial charge in [0.05, 0.1) is 6.26 Å². The van der Waals surface area contributed by atoms with Crippen molar-refractivity contribution in [3.8, 4) is 6.07 Å². The summed E-state index contributed by atoms with van der Waals surface area (Å²) in [5, 5.41) is 9.03. The predicted molar refractivity (Wildman–Crippen MR) is 90.9 cm³/mol. The first kappa shape index (κ1) is 18.0. The zero-order valence-corrected chi connectivity index (χ0v) is 14.1. The van der Waals surface area contributed by atoms with Gasteiger partial charge in [-0.15, -0.1) is 0 Å². The molecule has 128 valence electrons. The Morgan fingerprint density at radius 1 is 1.28 bits per heavy atom. The van der Waals surface area contributed by atoms with Crippen molar-refractivity contribution >= 4 is 18.0 Å². The van der Waals surface area contributed by atoms with E-state index < -0.39 is 12.6 Å². The Kier molecular flexibility index (Phi) is 6.13. The lowest BCUT2D eigenvalue weighted by atomic mass is 10.1. The summed E-state index contributed by atoms with van der Waals surface area (Å²) < 4.78 is 9.97. The van der Waals surface area contributed by atoms with E-state index in [1.807, 2.05) is 31.2 Å². The van der Waals surface area contributed by atoms with Gasteiger partial charge >= 0.3 is 5.97 Å². The number of esters is 1. The van der Waals surface area contributed by atoms with Gasteiger partial charge in [-0.05, 0) is 24.6 Å². The number of nitriles is 1. The summed E-state index contributed by atoms with van der Waals surface area (Å²) in [6.07, 6.45) is 2.69. The number of benzene rings is 1. The third-order valence-corrected chi connectivity index (χ3v) is 3.46. The largest absolute Gasteiger partial charge is 0.465 e. The number of aryl methyl sites for hydroxylation is 1. The van der Waals surface area contributed by atoms with Crippen molar-refractivity contribution in [2.75, 3.05) is 13.7 Å². The number of ether oxygens (including phenoxy) is 1. The molecule has 6 nitrogen and oxygen atoms in total. The van der Waals surface area contributed by atoms with E-state index in [2.05, 4.69) is 0 Å². The topological polar surface area (TPSA) is 83.5 Å². The van der Waals surface area contributed by atoms with Crippen LogP contribution in [0.3, 0.4) is 0 Å². The zero-order chi connectivity index (χ0) is 18.2. The van der Waals surface area contributed by atoms with Crippen molar-refractivity contribution in [2.45, 2.75) is 13.5 Å². The molecule has 6 heteroatoms. The highest BCUT2D eigenvalue weighted by Crippen LogP contribution is 2.09. The van der Waals surface area contributed by atoms with E-state index in [1.165, 1.54) is 17.2 Å². The number of hydrogen-bond donors (Lipinski definition) is 0. The molecule has 0 atom stereocenters. The fraction of sp³-hybridized carbons (Fsp3) is 0.211. The lowest BCUT2D eigenvalue weighted by Gasteiger charge is -2.17. The molecule has 0 aliphatic heterocycles. The Labute approximate surface area is 145 Å². The fourth-order valence-corrected chi connectivity index (χ4v) is 2.02. The molecular formula is C19H18N2O4. The SMILES string of the molecule is Cc1ccc(CN(C)C(=O)COC(=O)/C(C#N)=C/c2ccco2)cc1. The fourth-order valence-electron chi connectivity index (χ4n) is 2.02. The number of rotatable bonds is 6. The highest BCUT2D eigenvalue weighted by Gasteiger charge is 2.16. The van der Waals surface area contributed by atoms with Crippen LogP contribution in [-0.4, -0.2) is 30.4 Å². The third-order valence-electron chi connectivity index (χ3n) is 3.46. The van der Waals surface area contributed by atoms with E-state index in [9.17, 15) is 9.59 Å². The number of hydrogen-bond acceptors (Lipinski definition) is 5. The molecule has 1 aromatic carbocycles. The van der Waals surface area contributed by atoms with Gasteiger partial charge in [0.1, 0.15) is 17.4 Å². The first-order chi connectivity index (χ1) is 12.0. The first-order valence-corrected chi connectivity index (χ1v) is 7.61. The van der Waals surface area contributed by atoms with Crippen LogP contribution in [-0.2, 0) is 20.9 Å². The standard InChI is InChI=1S/C19H18N2O4/c1-14-5-7-15(8-6-14)12-21(2)18(22)13-25-19(23)16(11-20)10-17-4-3-9-24-17/h3-10H,12-13H2,1-2H3/b16-10+. The van der Waals surface area contributed by atoms with E-state index in [4.69, 9.17) is 14.4 Å². The summed E-state index contributed by atoms with van der Waals surface area (Å²) >= 11 is 0. The molecule has 1 amide bonds. The molecule has 0 unspecified atom stereocenters. The van der Waals surface area contributed by atoms with E-state index in [1.54, 1.807) is 25.2 Å². The highest BCUT2D eigenvalue weighted by molar-refractivity contribution is 5.98. The van der Waals surface area contributed by atoms with Gasteiger partial charge in [-0.2, -0.15) is 5.26 Å². The van der Waals surface area contributed by atoms with Crippen LogP contribution in [0.1, 0.15) is 16.9 Å². The maximum absolute atomic E-state index is 12.1. The molecule has 0 saturated carbocycles. The minimum atomic E-state index is -0.865. The summed E-state index contributed by atoms with van der Waals surface area (Å²) in [6, 6.07) is 12.8. The summed E-state index contributed by atoms with van der Waals surface area (Å²) in [6.45, 7) is 1.96. The molecule has 2 aromatic rings. The molecule has 0 radical (unpaired) electrons. The molecule has 25 heavy (non-hydrogen) atoms. The van der Waals surface area contributed by atoms with Crippen LogP contribution in [0.25, 0.3) is 6.08 Å². The van der Waals surface area contributed by atoms with E-state index in [-0.39, 0.29) is 11.5 Å². The highest BCUT2D eigenvalue weighted by atomic mass is 16.5. The molecule has 2 rings (SSSR count). The Morgan fingerprint density at radius 2 is 2.00 bits per heavy atom. The molecule has 0 fully saturated rings. The molecule has 0 aliphatic rings. The maximum atomic E-state index is 12.1. The first-order valence-electron chi connectivity index (χ1n) is 7.61. The van der Waals surface area contributed by atoms with Crippen molar-refractivity contribution < 1.29 is 18.7 Å². The van der Waals surface area contributed by atoms with Crippen LogP contribution in [0.15, 0.2) is 52.7 Å². The van der Waals surface area contributed by atoms with E-state index >= 15 is 0 Å². The molecule has 0 bridgehead atoms. The lowest BCUT2D eigenvalue weighted by Crippen LogP contribution is -2.31. The van der Waals surface area contributed by atoms with Gasteiger partial charge in [-0.1, -0.05) is 29.8 Å². The van der Waals surface area contributed by atoms with Crippen LogP contribution in [0, 0.1) is 18.3 Å². The second-order valence-electron chi connectivity index (χ2n) is 5.50. The number of nitrogens with zero attached hydrogens (tertiary/aromatic N) is 2. The summed E-state index contributed by atoms with van der Waals surface area (Å²) in [5.41, 5.74) is 1.88.